The van der Waals surface area contributed by atoms with Crippen LogP contribution in [-0.4, -0.2) is 11.0 Å². The standard InChI is InChI=1S/C9H11BrN2O2/c1-6(12-14-7(2)13)9-4-3-8(10)5-11-9/h3-6,12H,1-2H3. The zero-order valence-electron chi connectivity index (χ0n) is 7.95. The van der Waals surface area contributed by atoms with Gasteiger partial charge in [0.2, 0.25) is 0 Å². The molecule has 0 aliphatic rings. The summed E-state index contributed by atoms with van der Waals surface area (Å²) in [6.07, 6.45) is 1.70. The van der Waals surface area contributed by atoms with Crippen LogP contribution in [0.3, 0.4) is 0 Å². The molecule has 1 N–H and O–H groups in total. The molecule has 0 saturated carbocycles. The number of hydrogen-bond acceptors (Lipinski definition) is 4. The van der Waals surface area contributed by atoms with Crippen molar-refractivity contribution in [2.45, 2.75) is 19.9 Å². The molecule has 0 saturated heterocycles. The van der Waals surface area contributed by atoms with Gasteiger partial charge in [-0.05, 0) is 35.0 Å². The Balaban J connectivity index is 2.56. The zero-order chi connectivity index (χ0) is 10.6. The van der Waals surface area contributed by atoms with Gasteiger partial charge in [-0.25, -0.2) is 0 Å². The highest BCUT2D eigenvalue weighted by Crippen LogP contribution is 2.12. The summed E-state index contributed by atoms with van der Waals surface area (Å²) < 4.78 is 0.918. The van der Waals surface area contributed by atoms with Gasteiger partial charge in [0.15, 0.2) is 0 Å². The summed E-state index contributed by atoms with van der Waals surface area (Å²) in [6.45, 7) is 3.20. The molecule has 0 radical (unpaired) electrons. The summed E-state index contributed by atoms with van der Waals surface area (Å²) >= 11 is 3.29. The highest BCUT2D eigenvalue weighted by Gasteiger charge is 2.07. The third kappa shape index (κ3) is 3.43. The lowest BCUT2D eigenvalue weighted by Gasteiger charge is -2.11. The number of hydrogen-bond donors (Lipinski definition) is 1. The molecule has 1 heterocycles. The second-order valence-corrected chi connectivity index (χ2v) is 3.75. The summed E-state index contributed by atoms with van der Waals surface area (Å²) in [5, 5.41) is 0. The Bertz CT molecular complexity index is 313. The Morgan fingerprint density at radius 2 is 2.36 bits per heavy atom. The van der Waals surface area contributed by atoms with E-state index >= 15 is 0 Å². The van der Waals surface area contributed by atoms with Gasteiger partial charge in [-0.1, -0.05) is 0 Å². The molecule has 1 unspecified atom stereocenters. The molecule has 1 aromatic rings. The van der Waals surface area contributed by atoms with E-state index < -0.39 is 0 Å². The van der Waals surface area contributed by atoms with Crippen molar-refractivity contribution in [2.75, 3.05) is 0 Å². The predicted octanol–water partition coefficient (Wildman–Crippen LogP) is 1.97. The van der Waals surface area contributed by atoms with Crippen LogP contribution in [0.1, 0.15) is 25.6 Å². The molecule has 76 valence electrons. The average Bonchev–Trinajstić information content (AvgIpc) is 2.15. The first kappa shape index (κ1) is 11.1. The van der Waals surface area contributed by atoms with Gasteiger partial charge < -0.3 is 4.84 Å². The largest absolute Gasteiger partial charge is 0.370 e. The summed E-state index contributed by atoms with van der Waals surface area (Å²) in [7, 11) is 0. The molecule has 0 aliphatic heterocycles. The Morgan fingerprint density at radius 1 is 1.64 bits per heavy atom. The van der Waals surface area contributed by atoms with E-state index in [0.717, 1.165) is 10.2 Å². The fourth-order valence-electron chi connectivity index (χ4n) is 0.875. The number of hydroxylamine groups is 1. The van der Waals surface area contributed by atoms with Crippen LogP contribution >= 0.6 is 15.9 Å². The van der Waals surface area contributed by atoms with Crippen molar-refractivity contribution < 1.29 is 9.63 Å². The van der Waals surface area contributed by atoms with E-state index in [-0.39, 0.29) is 12.0 Å². The van der Waals surface area contributed by atoms with Crippen LogP contribution in [0, 0.1) is 0 Å². The van der Waals surface area contributed by atoms with E-state index in [9.17, 15) is 4.79 Å². The molecule has 0 bridgehead atoms. The lowest BCUT2D eigenvalue weighted by molar-refractivity contribution is -0.150. The summed E-state index contributed by atoms with van der Waals surface area (Å²) in [4.78, 5) is 19.3. The molecular weight excluding hydrogens is 248 g/mol. The minimum atomic E-state index is -0.367. The van der Waals surface area contributed by atoms with Crippen LogP contribution in [0.4, 0.5) is 0 Å². The van der Waals surface area contributed by atoms with Crippen molar-refractivity contribution in [3.63, 3.8) is 0 Å². The number of pyridine rings is 1. The number of carbonyl (C=O) groups excluding carboxylic acids is 1. The van der Waals surface area contributed by atoms with E-state index in [4.69, 9.17) is 0 Å². The van der Waals surface area contributed by atoms with E-state index in [1.807, 2.05) is 19.1 Å². The second kappa shape index (κ2) is 5.07. The van der Waals surface area contributed by atoms with Crippen LogP contribution in [0.2, 0.25) is 0 Å². The molecule has 1 rings (SSSR count). The second-order valence-electron chi connectivity index (χ2n) is 2.83. The van der Waals surface area contributed by atoms with Gasteiger partial charge in [0.1, 0.15) is 0 Å². The topological polar surface area (TPSA) is 51.2 Å². The highest BCUT2D eigenvalue weighted by molar-refractivity contribution is 9.10. The first-order valence-electron chi connectivity index (χ1n) is 4.14. The Labute approximate surface area is 90.8 Å². The minimum Gasteiger partial charge on any atom is -0.370 e. The molecular formula is C9H11BrN2O2. The lowest BCUT2D eigenvalue weighted by atomic mass is 10.2. The van der Waals surface area contributed by atoms with Gasteiger partial charge in [0.05, 0.1) is 11.7 Å². The summed E-state index contributed by atoms with van der Waals surface area (Å²) in [5.41, 5.74) is 3.40. The van der Waals surface area contributed by atoms with Gasteiger partial charge in [-0.3, -0.25) is 9.78 Å². The number of carbonyl (C=O) groups is 1. The maximum atomic E-state index is 10.5. The van der Waals surface area contributed by atoms with Gasteiger partial charge in [0.25, 0.3) is 0 Å². The lowest BCUT2D eigenvalue weighted by Crippen LogP contribution is -2.22. The Hall–Kier alpha value is -0.940. The van der Waals surface area contributed by atoms with Crippen molar-refractivity contribution in [3.8, 4) is 0 Å². The molecule has 5 heteroatoms. The third-order valence-corrected chi connectivity index (χ3v) is 2.04. The Morgan fingerprint density at radius 3 is 2.86 bits per heavy atom. The summed E-state index contributed by atoms with van der Waals surface area (Å²) in [6, 6.07) is 3.62. The normalized spacial score (nSPS) is 12.2. The van der Waals surface area contributed by atoms with Crippen molar-refractivity contribution in [1.82, 2.24) is 10.5 Å². The first-order chi connectivity index (χ1) is 6.59. The fraction of sp³-hybridized carbons (Fsp3) is 0.333. The number of halogens is 1. The van der Waals surface area contributed by atoms with Crippen LogP contribution in [0.5, 0.6) is 0 Å². The van der Waals surface area contributed by atoms with Gasteiger partial charge >= 0.3 is 5.97 Å². The number of nitrogens with one attached hydrogen (secondary N) is 1. The molecule has 0 aromatic carbocycles. The molecule has 1 atom stereocenters. The molecule has 0 spiro atoms. The average molecular weight is 259 g/mol. The highest BCUT2D eigenvalue weighted by atomic mass is 79.9. The Kier molecular flexibility index (Phi) is 4.03. The van der Waals surface area contributed by atoms with Crippen LogP contribution in [0.15, 0.2) is 22.8 Å². The van der Waals surface area contributed by atoms with Crippen molar-refractivity contribution in [1.29, 1.82) is 0 Å². The molecule has 0 aliphatic carbocycles. The molecule has 0 fully saturated rings. The minimum absolute atomic E-state index is 0.119. The van der Waals surface area contributed by atoms with Gasteiger partial charge in [-0.15, -0.1) is 5.48 Å². The van der Waals surface area contributed by atoms with Crippen molar-refractivity contribution >= 4 is 21.9 Å². The number of aromatic nitrogens is 1. The summed E-state index contributed by atoms with van der Waals surface area (Å²) in [5.74, 6) is -0.367. The van der Waals surface area contributed by atoms with Gasteiger partial charge in [-0.2, -0.15) is 0 Å². The molecule has 4 nitrogen and oxygen atoms in total. The number of rotatable bonds is 3. The van der Waals surface area contributed by atoms with Gasteiger partial charge in [0, 0.05) is 17.6 Å². The van der Waals surface area contributed by atoms with Crippen molar-refractivity contribution in [3.05, 3.63) is 28.5 Å². The fourth-order valence-corrected chi connectivity index (χ4v) is 1.11. The van der Waals surface area contributed by atoms with E-state index in [0.29, 0.717) is 0 Å². The molecule has 1 aromatic heterocycles. The smallest absolute Gasteiger partial charge is 0.321 e. The van der Waals surface area contributed by atoms with Crippen LogP contribution < -0.4 is 5.48 Å². The third-order valence-electron chi connectivity index (χ3n) is 1.57. The van der Waals surface area contributed by atoms with E-state index in [2.05, 4.69) is 31.2 Å². The maximum Gasteiger partial charge on any atom is 0.321 e. The molecule has 0 amide bonds. The monoisotopic (exact) mass is 258 g/mol. The van der Waals surface area contributed by atoms with E-state index in [1.54, 1.807) is 6.20 Å². The zero-order valence-corrected chi connectivity index (χ0v) is 9.54. The first-order valence-corrected chi connectivity index (χ1v) is 4.93. The van der Waals surface area contributed by atoms with Crippen molar-refractivity contribution in [2.24, 2.45) is 0 Å². The maximum absolute atomic E-state index is 10.5. The van der Waals surface area contributed by atoms with E-state index in [1.165, 1.54) is 6.92 Å². The van der Waals surface area contributed by atoms with Crippen LogP contribution in [0.25, 0.3) is 0 Å². The SMILES string of the molecule is CC(=O)ONC(C)c1ccc(Br)cn1. The number of nitrogens with zero attached hydrogens (tertiary/aromatic N) is 1. The molecule has 14 heavy (non-hydrogen) atoms. The quantitative estimate of drug-likeness (QED) is 0.843. The van der Waals surface area contributed by atoms with Crippen LogP contribution in [-0.2, 0) is 9.63 Å². The predicted molar refractivity (Wildman–Crippen MR) is 55.3 cm³/mol.